The van der Waals surface area contributed by atoms with Gasteiger partial charge in [-0.15, -0.1) is 0 Å². The fraction of sp³-hybridized carbons (Fsp3) is 0.188. The van der Waals surface area contributed by atoms with Crippen molar-refractivity contribution >= 4 is 17.2 Å². The zero-order valence-electron chi connectivity index (χ0n) is 11.0. The Morgan fingerprint density at radius 1 is 0.947 bits per heavy atom. The quantitative estimate of drug-likeness (QED) is 0.908. The van der Waals surface area contributed by atoms with Crippen molar-refractivity contribution in [1.82, 2.24) is 5.32 Å². The van der Waals surface area contributed by atoms with Crippen LogP contribution in [-0.2, 0) is 0 Å². The Kier molecular flexibility index (Phi) is 3.19. The molecule has 2 aromatic rings. The zero-order chi connectivity index (χ0) is 13.1. The van der Waals surface area contributed by atoms with Crippen molar-refractivity contribution in [2.75, 3.05) is 25.0 Å². The summed E-state index contributed by atoms with van der Waals surface area (Å²) in [5, 5.41) is 3.29. The molecule has 0 atom stereocenters. The van der Waals surface area contributed by atoms with E-state index in [1.807, 2.05) is 6.07 Å². The van der Waals surface area contributed by atoms with Crippen LogP contribution in [0.25, 0.3) is 0 Å². The maximum absolute atomic E-state index is 4.43. The average molecular weight is 251 g/mol. The molecule has 1 heterocycles. The minimum absolute atomic E-state index is 0.876. The first kappa shape index (κ1) is 11.8. The van der Waals surface area contributed by atoms with Gasteiger partial charge in [0.15, 0.2) is 0 Å². The highest BCUT2D eigenvalue weighted by Crippen LogP contribution is 2.23. The molecule has 2 aromatic carbocycles. The molecule has 0 aliphatic carbocycles. The number of benzene rings is 2. The highest BCUT2D eigenvalue weighted by Gasteiger charge is 2.08. The van der Waals surface area contributed by atoms with Gasteiger partial charge in [-0.05, 0) is 36.4 Å². The largest absolute Gasteiger partial charge is 0.368 e. The molecule has 0 radical (unpaired) electrons. The van der Waals surface area contributed by atoms with Crippen molar-refractivity contribution in [2.45, 2.75) is 0 Å². The van der Waals surface area contributed by atoms with E-state index in [1.54, 1.807) is 0 Å². The molecule has 3 rings (SSSR count). The van der Waals surface area contributed by atoms with E-state index < -0.39 is 0 Å². The van der Waals surface area contributed by atoms with Gasteiger partial charge in [-0.2, -0.15) is 0 Å². The van der Waals surface area contributed by atoms with E-state index in [2.05, 4.69) is 70.8 Å². The molecule has 0 bridgehead atoms. The van der Waals surface area contributed by atoms with Gasteiger partial charge in [0.25, 0.3) is 0 Å². The molecule has 96 valence electrons. The van der Waals surface area contributed by atoms with Gasteiger partial charge >= 0.3 is 0 Å². The Balaban J connectivity index is 1.82. The van der Waals surface area contributed by atoms with Gasteiger partial charge in [-0.3, -0.25) is 4.99 Å². The van der Waals surface area contributed by atoms with Gasteiger partial charge in [0.2, 0.25) is 0 Å². The number of rotatable bonds is 3. The molecule has 0 aromatic heterocycles. The first-order chi connectivity index (χ1) is 9.34. The Morgan fingerprint density at radius 3 is 2.26 bits per heavy atom. The second-order valence-corrected chi connectivity index (χ2v) is 4.60. The highest BCUT2D eigenvalue weighted by atomic mass is 15.1. The smallest absolute Gasteiger partial charge is 0.128 e. The number of hydrogen-bond acceptors (Lipinski definition) is 3. The Bertz CT molecular complexity index is 573. The van der Waals surface area contributed by atoms with Crippen molar-refractivity contribution < 1.29 is 0 Å². The van der Waals surface area contributed by atoms with Crippen molar-refractivity contribution in [3.63, 3.8) is 0 Å². The summed E-state index contributed by atoms with van der Waals surface area (Å²) in [6.07, 6.45) is 0. The van der Waals surface area contributed by atoms with Crippen LogP contribution in [0.1, 0.15) is 5.56 Å². The van der Waals surface area contributed by atoms with Gasteiger partial charge in [0.05, 0.1) is 6.54 Å². The molecular formula is C16H17N3. The van der Waals surface area contributed by atoms with Crippen molar-refractivity contribution in [3.8, 4) is 0 Å². The van der Waals surface area contributed by atoms with Crippen molar-refractivity contribution in [2.24, 2.45) is 4.99 Å². The molecule has 3 heteroatoms. The lowest BCUT2D eigenvalue weighted by Crippen LogP contribution is -2.19. The summed E-state index contributed by atoms with van der Waals surface area (Å²) in [6, 6.07) is 18.8. The number of hydrogen-bond donors (Lipinski definition) is 1. The predicted molar refractivity (Wildman–Crippen MR) is 80.4 cm³/mol. The number of para-hydroxylation sites is 1. The number of amidine groups is 1. The Hall–Kier alpha value is -2.29. The topological polar surface area (TPSA) is 27.6 Å². The molecule has 1 N–H and O–H groups in total. The van der Waals surface area contributed by atoms with Gasteiger partial charge in [0, 0.05) is 30.5 Å². The van der Waals surface area contributed by atoms with E-state index in [0.717, 1.165) is 24.5 Å². The normalized spacial score (nSPS) is 13.8. The standard InChI is InChI=1S/C16H17N3/c1-19(14-5-3-2-4-6-14)15-9-7-13(8-10-15)16-17-11-12-18-16/h2-10H,11-12H2,1H3,(H,17,18). The summed E-state index contributed by atoms with van der Waals surface area (Å²) >= 11 is 0. The van der Waals surface area contributed by atoms with Crippen LogP contribution >= 0.6 is 0 Å². The summed E-state index contributed by atoms with van der Waals surface area (Å²) in [5.41, 5.74) is 3.52. The molecule has 0 unspecified atom stereocenters. The van der Waals surface area contributed by atoms with Crippen LogP contribution in [0.2, 0.25) is 0 Å². The minimum Gasteiger partial charge on any atom is -0.368 e. The van der Waals surface area contributed by atoms with Crippen molar-refractivity contribution in [1.29, 1.82) is 0 Å². The van der Waals surface area contributed by atoms with Gasteiger partial charge < -0.3 is 10.2 Å². The highest BCUT2D eigenvalue weighted by molar-refractivity contribution is 6.00. The SMILES string of the molecule is CN(c1ccccc1)c1ccc(C2=NCCN2)cc1. The van der Waals surface area contributed by atoms with Crippen LogP contribution in [0, 0.1) is 0 Å². The average Bonchev–Trinajstić information content (AvgIpc) is 3.02. The van der Waals surface area contributed by atoms with E-state index in [0.29, 0.717) is 0 Å². The number of anilines is 2. The van der Waals surface area contributed by atoms with E-state index in [4.69, 9.17) is 0 Å². The molecule has 1 aliphatic heterocycles. The van der Waals surface area contributed by atoms with Crippen LogP contribution in [0.4, 0.5) is 11.4 Å². The van der Waals surface area contributed by atoms with Crippen LogP contribution in [-0.4, -0.2) is 26.0 Å². The van der Waals surface area contributed by atoms with Crippen LogP contribution < -0.4 is 10.2 Å². The molecule has 0 amide bonds. The monoisotopic (exact) mass is 251 g/mol. The van der Waals surface area contributed by atoms with Gasteiger partial charge in [0.1, 0.15) is 5.84 Å². The number of nitrogens with zero attached hydrogens (tertiary/aromatic N) is 2. The maximum Gasteiger partial charge on any atom is 0.128 e. The summed E-state index contributed by atoms with van der Waals surface area (Å²) < 4.78 is 0. The second-order valence-electron chi connectivity index (χ2n) is 4.60. The molecular weight excluding hydrogens is 234 g/mol. The lowest BCUT2D eigenvalue weighted by molar-refractivity contribution is 0.960. The molecule has 19 heavy (non-hydrogen) atoms. The zero-order valence-corrected chi connectivity index (χ0v) is 11.0. The fourth-order valence-corrected chi connectivity index (χ4v) is 2.23. The second kappa shape index (κ2) is 5.14. The van der Waals surface area contributed by atoms with Crippen LogP contribution in [0.15, 0.2) is 59.6 Å². The number of nitrogens with one attached hydrogen (secondary N) is 1. The summed E-state index contributed by atoms with van der Waals surface area (Å²) in [7, 11) is 2.08. The first-order valence-electron chi connectivity index (χ1n) is 6.52. The van der Waals surface area contributed by atoms with Crippen LogP contribution in [0.5, 0.6) is 0 Å². The lowest BCUT2D eigenvalue weighted by atomic mass is 10.1. The Labute approximate surface area is 113 Å². The molecule has 3 nitrogen and oxygen atoms in total. The summed E-state index contributed by atoms with van der Waals surface area (Å²) in [4.78, 5) is 6.60. The molecule has 0 saturated heterocycles. The van der Waals surface area contributed by atoms with Crippen molar-refractivity contribution in [3.05, 3.63) is 60.2 Å². The third-order valence-corrected chi connectivity index (χ3v) is 3.35. The molecule has 0 fully saturated rings. The predicted octanol–water partition coefficient (Wildman–Crippen LogP) is 2.80. The molecule has 1 aliphatic rings. The maximum atomic E-state index is 4.43. The summed E-state index contributed by atoms with van der Waals surface area (Å²) in [5.74, 6) is 1.01. The summed E-state index contributed by atoms with van der Waals surface area (Å²) in [6.45, 7) is 1.82. The molecule has 0 saturated carbocycles. The van der Waals surface area contributed by atoms with Gasteiger partial charge in [-0.1, -0.05) is 18.2 Å². The van der Waals surface area contributed by atoms with Gasteiger partial charge in [-0.25, -0.2) is 0 Å². The van der Waals surface area contributed by atoms with E-state index in [-0.39, 0.29) is 0 Å². The van der Waals surface area contributed by atoms with E-state index >= 15 is 0 Å². The van der Waals surface area contributed by atoms with Crippen LogP contribution in [0.3, 0.4) is 0 Å². The lowest BCUT2D eigenvalue weighted by Gasteiger charge is -2.19. The molecule has 0 spiro atoms. The fourth-order valence-electron chi connectivity index (χ4n) is 2.23. The Morgan fingerprint density at radius 2 is 1.63 bits per heavy atom. The third-order valence-electron chi connectivity index (χ3n) is 3.35. The first-order valence-corrected chi connectivity index (χ1v) is 6.52. The van der Waals surface area contributed by atoms with E-state index in [1.165, 1.54) is 11.4 Å². The van der Waals surface area contributed by atoms with E-state index in [9.17, 15) is 0 Å². The minimum atomic E-state index is 0.876. The number of aliphatic imine (C=N–C) groups is 1. The third kappa shape index (κ3) is 2.45.